The van der Waals surface area contributed by atoms with Gasteiger partial charge in [-0.05, 0) is 19.1 Å². The van der Waals surface area contributed by atoms with Gasteiger partial charge in [-0.25, -0.2) is 0 Å². The molecule has 4 heteroatoms. The number of hydrogen-bond donors (Lipinski definition) is 0. The van der Waals surface area contributed by atoms with E-state index in [0.717, 1.165) is 10.2 Å². The molecular weight excluding hydrogens is 258 g/mol. The van der Waals surface area contributed by atoms with Crippen LogP contribution in [0.15, 0.2) is 16.6 Å². The van der Waals surface area contributed by atoms with Crippen molar-refractivity contribution < 1.29 is 9.53 Å². The van der Waals surface area contributed by atoms with Crippen molar-refractivity contribution in [1.29, 1.82) is 0 Å². The Labute approximate surface area is 98.2 Å². The van der Waals surface area contributed by atoms with Crippen LogP contribution in [0.4, 0.5) is 5.69 Å². The standard InChI is InChI=1S/C11H14BrNO2/c1-7(14)9-5-8(12)6-10(13(2)3)11(9)15-4/h5-6H,1-4H3. The molecule has 0 N–H and O–H groups in total. The number of ether oxygens (including phenoxy) is 1. The van der Waals surface area contributed by atoms with Crippen LogP contribution in [-0.4, -0.2) is 27.0 Å². The zero-order valence-electron chi connectivity index (χ0n) is 9.30. The average Bonchev–Trinajstić information content (AvgIpc) is 2.16. The summed E-state index contributed by atoms with van der Waals surface area (Å²) in [6, 6.07) is 3.69. The molecule has 0 aliphatic heterocycles. The lowest BCUT2D eigenvalue weighted by molar-refractivity contribution is 0.101. The molecule has 0 unspecified atom stereocenters. The number of hydrogen-bond acceptors (Lipinski definition) is 3. The van der Waals surface area contributed by atoms with Gasteiger partial charge >= 0.3 is 0 Å². The van der Waals surface area contributed by atoms with E-state index in [2.05, 4.69) is 15.9 Å². The van der Waals surface area contributed by atoms with Gasteiger partial charge in [-0.3, -0.25) is 4.79 Å². The molecule has 15 heavy (non-hydrogen) atoms. The summed E-state index contributed by atoms with van der Waals surface area (Å²) in [6.45, 7) is 1.53. The molecule has 0 saturated heterocycles. The largest absolute Gasteiger partial charge is 0.494 e. The van der Waals surface area contributed by atoms with E-state index in [4.69, 9.17) is 4.74 Å². The maximum Gasteiger partial charge on any atom is 0.163 e. The van der Waals surface area contributed by atoms with Crippen molar-refractivity contribution in [3.8, 4) is 5.75 Å². The molecule has 0 amide bonds. The van der Waals surface area contributed by atoms with Crippen molar-refractivity contribution in [2.24, 2.45) is 0 Å². The Morgan fingerprint density at radius 2 is 2.00 bits per heavy atom. The lowest BCUT2D eigenvalue weighted by atomic mass is 10.1. The number of anilines is 1. The first-order chi connectivity index (χ1) is 6.97. The first kappa shape index (κ1) is 12.0. The number of nitrogens with zero attached hydrogens (tertiary/aromatic N) is 1. The fourth-order valence-electron chi connectivity index (χ4n) is 1.39. The normalized spacial score (nSPS) is 9.93. The molecule has 0 bridgehead atoms. The van der Waals surface area contributed by atoms with Crippen LogP contribution in [0.5, 0.6) is 5.75 Å². The van der Waals surface area contributed by atoms with Crippen LogP contribution in [0.25, 0.3) is 0 Å². The Bertz CT molecular complexity index is 388. The predicted molar refractivity (Wildman–Crippen MR) is 65.0 cm³/mol. The number of carbonyl (C=O) groups excluding carboxylic acids is 1. The van der Waals surface area contributed by atoms with Crippen molar-refractivity contribution in [2.75, 3.05) is 26.1 Å². The molecule has 1 aromatic rings. The minimum absolute atomic E-state index is 0.00347. The number of benzene rings is 1. The van der Waals surface area contributed by atoms with Gasteiger partial charge in [-0.1, -0.05) is 15.9 Å². The zero-order chi connectivity index (χ0) is 11.6. The summed E-state index contributed by atoms with van der Waals surface area (Å²) in [5.74, 6) is 0.618. The minimum Gasteiger partial charge on any atom is -0.494 e. The van der Waals surface area contributed by atoms with E-state index in [-0.39, 0.29) is 5.78 Å². The van der Waals surface area contributed by atoms with E-state index in [1.165, 1.54) is 6.92 Å². The number of Topliss-reactive ketones (excluding diaryl/α,β-unsaturated/α-hetero) is 1. The molecule has 0 fully saturated rings. The van der Waals surface area contributed by atoms with Crippen molar-refractivity contribution in [2.45, 2.75) is 6.92 Å². The van der Waals surface area contributed by atoms with Crippen LogP contribution < -0.4 is 9.64 Å². The number of methoxy groups -OCH3 is 1. The predicted octanol–water partition coefficient (Wildman–Crippen LogP) is 2.73. The Kier molecular flexibility index (Phi) is 3.74. The van der Waals surface area contributed by atoms with Gasteiger partial charge in [0.05, 0.1) is 18.4 Å². The Hall–Kier alpha value is -1.03. The molecule has 0 atom stereocenters. The van der Waals surface area contributed by atoms with Crippen LogP contribution >= 0.6 is 15.9 Å². The van der Waals surface area contributed by atoms with Crippen molar-refractivity contribution in [1.82, 2.24) is 0 Å². The molecule has 0 saturated carbocycles. The van der Waals surface area contributed by atoms with E-state index in [1.54, 1.807) is 13.2 Å². The highest BCUT2D eigenvalue weighted by atomic mass is 79.9. The summed E-state index contributed by atoms with van der Waals surface area (Å²) >= 11 is 3.38. The molecule has 0 aliphatic carbocycles. The second-order valence-corrected chi connectivity index (χ2v) is 4.37. The summed E-state index contributed by atoms with van der Waals surface area (Å²) in [5, 5.41) is 0. The second kappa shape index (κ2) is 4.66. The van der Waals surface area contributed by atoms with Crippen molar-refractivity contribution in [3.05, 3.63) is 22.2 Å². The number of halogens is 1. The summed E-state index contributed by atoms with van der Waals surface area (Å²) in [4.78, 5) is 13.3. The maximum atomic E-state index is 11.4. The van der Waals surface area contributed by atoms with Crippen LogP contribution in [0.2, 0.25) is 0 Å². The van der Waals surface area contributed by atoms with E-state index in [0.29, 0.717) is 11.3 Å². The van der Waals surface area contributed by atoms with Crippen LogP contribution in [0.3, 0.4) is 0 Å². The quantitative estimate of drug-likeness (QED) is 0.792. The fraction of sp³-hybridized carbons (Fsp3) is 0.364. The first-order valence-corrected chi connectivity index (χ1v) is 5.32. The fourth-order valence-corrected chi connectivity index (χ4v) is 1.83. The summed E-state index contributed by atoms with van der Waals surface area (Å²) < 4.78 is 6.14. The van der Waals surface area contributed by atoms with Crippen molar-refractivity contribution in [3.63, 3.8) is 0 Å². The Morgan fingerprint density at radius 3 is 2.40 bits per heavy atom. The highest BCUT2D eigenvalue weighted by Crippen LogP contribution is 2.34. The summed E-state index contributed by atoms with van der Waals surface area (Å²) in [7, 11) is 5.39. The molecule has 0 aromatic heterocycles. The maximum absolute atomic E-state index is 11.4. The van der Waals surface area contributed by atoms with E-state index in [9.17, 15) is 4.79 Å². The van der Waals surface area contributed by atoms with Gasteiger partial charge in [0.1, 0.15) is 0 Å². The molecule has 0 spiro atoms. The number of carbonyl (C=O) groups is 1. The number of ketones is 1. The van der Waals surface area contributed by atoms with Gasteiger partial charge in [0.25, 0.3) is 0 Å². The summed E-state index contributed by atoms with van der Waals surface area (Å²) in [5.41, 5.74) is 1.48. The topological polar surface area (TPSA) is 29.5 Å². The highest BCUT2D eigenvalue weighted by molar-refractivity contribution is 9.10. The molecule has 0 aliphatic rings. The highest BCUT2D eigenvalue weighted by Gasteiger charge is 2.15. The molecule has 1 rings (SSSR count). The zero-order valence-corrected chi connectivity index (χ0v) is 10.9. The third kappa shape index (κ3) is 2.50. The van der Waals surface area contributed by atoms with Gasteiger partial charge in [-0.15, -0.1) is 0 Å². The molecular formula is C11H14BrNO2. The third-order valence-electron chi connectivity index (χ3n) is 2.10. The first-order valence-electron chi connectivity index (χ1n) is 4.53. The summed E-state index contributed by atoms with van der Waals surface area (Å²) in [6.07, 6.45) is 0. The van der Waals surface area contributed by atoms with Gasteiger partial charge in [-0.2, -0.15) is 0 Å². The van der Waals surface area contributed by atoms with E-state index in [1.807, 2.05) is 25.1 Å². The SMILES string of the molecule is COc1c(C(C)=O)cc(Br)cc1N(C)C. The van der Waals surface area contributed by atoms with Gasteiger partial charge in [0.15, 0.2) is 11.5 Å². The molecule has 1 aromatic carbocycles. The molecule has 3 nitrogen and oxygen atoms in total. The van der Waals surface area contributed by atoms with E-state index < -0.39 is 0 Å². The van der Waals surface area contributed by atoms with E-state index >= 15 is 0 Å². The average molecular weight is 272 g/mol. The van der Waals surface area contributed by atoms with Gasteiger partial charge in [0, 0.05) is 18.6 Å². The monoisotopic (exact) mass is 271 g/mol. The smallest absolute Gasteiger partial charge is 0.163 e. The lowest BCUT2D eigenvalue weighted by Gasteiger charge is -2.19. The van der Waals surface area contributed by atoms with Crippen molar-refractivity contribution >= 4 is 27.4 Å². The molecule has 0 radical (unpaired) electrons. The Balaban J connectivity index is 3.45. The minimum atomic E-state index is -0.00347. The van der Waals surface area contributed by atoms with Gasteiger partial charge < -0.3 is 9.64 Å². The molecule has 0 heterocycles. The van der Waals surface area contributed by atoms with Crippen LogP contribution in [-0.2, 0) is 0 Å². The van der Waals surface area contributed by atoms with Crippen LogP contribution in [0.1, 0.15) is 17.3 Å². The van der Waals surface area contributed by atoms with Gasteiger partial charge in [0.2, 0.25) is 0 Å². The van der Waals surface area contributed by atoms with Crippen LogP contribution in [0, 0.1) is 0 Å². The second-order valence-electron chi connectivity index (χ2n) is 3.46. The number of rotatable bonds is 3. The third-order valence-corrected chi connectivity index (χ3v) is 2.56. The lowest BCUT2D eigenvalue weighted by Crippen LogP contribution is -2.12. The Morgan fingerprint density at radius 1 is 1.40 bits per heavy atom. The molecule has 82 valence electrons.